The first-order valence-electron chi connectivity index (χ1n) is 4.74. The van der Waals surface area contributed by atoms with E-state index in [0.717, 1.165) is 11.4 Å². The molecule has 2 rings (SSSR count). The molecule has 15 heavy (non-hydrogen) atoms. The summed E-state index contributed by atoms with van der Waals surface area (Å²) >= 11 is 1.58. The topological polar surface area (TPSA) is 69.6 Å². The van der Waals surface area contributed by atoms with Crippen molar-refractivity contribution >= 4 is 17.2 Å². The van der Waals surface area contributed by atoms with Crippen LogP contribution in [0.4, 0.5) is 5.82 Å². The number of rotatable bonds is 3. The molecule has 0 aliphatic rings. The summed E-state index contributed by atoms with van der Waals surface area (Å²) in [6.45, 7) is 4.79. The van der Waals surface area contributed by atoms with Gasteiger partial charge in [-0.1, -0.05) is 19.1 Å². The highest BCUT2D eigenvalue weighted by molar-refractivity contribution is 7.07. The van der Waals surface area contributed by atoms with Gasteiger partial charge in [0.1, 0.15) is 0 Å². The summed E-state index contributed by atoms with van der Waals surface area (Å²) in [7, 11) is 0. The average Bonchev–Trinajstić information content (AvgIpc) is 2.76. The minimum atomic E-state index is 0.318. The molecule has 80 valence electrons. The molecule has 0 aromatic carbocycles. The quantitative estimate of drug-likeness (QED) is 0.855. The fourth-order valence-corrected chi connectivity index (χ4v) is 2.06. The van der Waals surface area contributed by atoms with Crippen LogP contribution < -0.4 is 5.73 Å². The molecular weight excluding hydrogens is 210 g/mol. The summed E-state index contributed by atoms with van der Waals surface area (Å²) in [5, 5.41) is 9.90. The minimum Gasteiger partial charge on any atom is -0.381 e. The highest BCUT2D eigenvalue weighted by Crippen LogP contribution is 2.19. The molecule has 2 aromatic heterocycles. The van der Waals surface area contributed by atoms with E-state index in [0.29, 0.717) is 18.3 Å². The Morgan fingerprint density at radius 1 is 1.53 bits per heavy atom. The van der Waals surface area contributed by atoms with E-state index in [1.165, 1.54) is 0 Å². The monoisotopic (exact) mass is 223 g/mol. The number of nitrogens with zero attached hydrogens (tertiary/aromatic N) is 4. The van der Waals surface area contributed by atoms with Crippen LogP contribution in [-0.4, -0.2) is 20.0 Å². The molecule has 0 fully saturated rings. The second kappa shape index (κ2) is 3.98. The van der Waals surface area contributed by atoms with Gasteiger partial charge in [-0.25, -0.2) is 9.67 Å². The second-order valence-corrected chi connectivity index (χ2v) is 4.37. The Morgan fingerprint density at radius 3 is 2.93 bits per heavy atom. The van der Waals surface area contributed by atoms with Gasteiger partial charge in [-0.15, -0.1) is 16.4 Å². The number of thiazole rings is 1. The molecule has 2 N–H and O–H groups in total. The lowest BCUT2D eigenvalue weighted by atomic mass is 10.1. The van der Waals surface area contributed by atoms with Gasteiger partial charge in [0.2, 0.25) is 0 Å². The van der Waals surface area contributed by atoms with Gasteiger partial charge < -0.3 is 5.73 Å². The third-order valence-electron chi connectivity index (χ3n) is 2.14. The Kier molecular flexibility index (Phi) is 2.68. The first-order chi connectivity index (χ1) is 7.18. The van der Waals surface area contributed by atoms with Crippen molar-refractivity contribution in [1.82, 2.24) is 20.0 Å². The number of anilines is 1. The standard InChI is InChI=1S/C9H13N5S/c1-6(2)8-9(10)12-13-14(8)3-7-4-15-5-11-7/h4-6H,3,10H2,1-2H3. The predicted molar refractivity (Wildman–Crippen MR) is 59.7 cm³/mol. The van der Waals surface area contributed by atoms with E-state index in [1.807, 2.05) is 15.6 Å². The number of nitrogen functional groups attached to an aromatic ring is 1. The summed E-state index contributed by atoms with van der Waals surface area (Å²) in [5.74, 6) is 0.832. The van der Waals surface area contributed by atoms with Crippen molar-refractivity contribution in [1.29, 1.82) is 0 Å². The van der Waals surface area contributed by atoms with Crippen molar-refractivity contribution in [3.63, 3.8) is 0 Å². The van der Waals surface area contributed by atoms with Crippen molar-refractivity contribution in [3.8, 4) is 0 Å². The van der Waals surface area contributed by atoms with Crippen LogP contribution >= 0.6 is 11.3 Å². The summed E-state index contributed by atoms with van der Waals surface area (Å²) in [5.41, 5.74) is 9.54. The van der Waals surface area contributed by atoms with Crippen molar-refractivity contribution in [2.75, 3.05) is 5.73 Å². The lowest BCUT2D eigenvalue weighted by molar-refractivity contribution is 0.592. The zero-order valence-electron chi connectivity index (χ0n) is 8.71. The van der Waals surface area contributed by atoms with E-state index < -0.39 is 0 Å². The predicted octanol–water partition coefficient (Wildman–Crippen LogP) is 1.49. The fraction of sp³-hybridized carbons (Fsp3) is 0.444. The van der Waals surface area contributed by atoms with Gasteiger partial charge in [0.05, 0.1) is 23.4 Å². The largest absolute Gasteiger partial charge is 0.381 e. The maximum atomic E-state index is 5.76. The molecule has 6 heteroatoms. The average molecular weight is 223 g/mol. The lowest BCUT2D eigenvalue weighted by Gasteiger charge is -2.07. The summed E-state index contributed by atoms with van der Waals surface area (Å²) < 4.78 is 1.81. The molecule has 0 radical (unpaired) electrons. The van der Waals surface area contributed by atoms with E-state index in [-0.39, 0.29) is 0 Å². The molecule has 0 saturated heterocycles. The summed E-state index contributed by atoms with van der Waals surface area (Å²) in [6.07, 6.45) is 0. The Balaban J connectivity index is 2.29. The fourth-order valence-electron chi connectivity index (χ4n) is 1.51. The van der Waals surface area contributed by atoms with Gasteiger partial charge in [-0.3, -0.25) is 0 Å². The molecule has 0 aliphatic heterocycles. The molecule has 0 aliphatic carbocycles. The molecular formula is C9H13N5S. The van der Waals surface area contributed by atoms with Crippen LogP contribution in [0.1, 0.15) is 31.2 Å². The zero-order valence-corrected chi connectivity index (χ0v) is 9.53. The van der Waals surface area contributed by atoms with Crippen LogP contribution in [0.25, 0.3) is 0 Å². The molecule has 0 atom stereocenters. The van der Waals surface area contributed by atoms with Crippen molar-refractivity contribution in [2.45, 2.75) is 26.3 Å². The molecule has 0 amide bonds. The molecule has 0 spiro atoms. The van der Waals surface area contributed by atoms with Gasteiger partial charge >= 0.3 is 0 Å². The molecule has 0 saturated carbocycles. The van der Waals surface area contributed by atoms with E-state index in [4.69, 9.17) is 5.73 Å². The van der Waals surface area contributed by atoms with Crippen LogP contribution in [0.15, 0.2) is 10.9 Å². The SMILES string of the molecule is CC(C)c1c(N)nnn1Cc1cscn1. The molecule has 5 nitrogen and oxygen atoms in total. The highest BCUT2D eigenvalue weighted by atomic mass is 32.1. The highest BCUT2D eigenvalue weighted by Gasteiger charge is 2.14. The minimum absolute atomic E-state index is 0.318. The van der Waals surface area contributed by atoms with E-state index in [9.17, 15) is 0 Å². The normalized spacial score (nSPS) is 11.1. The van der Waals surface area contributed by atoms with Crippen molar-refractivity contribution < 1.29 is 0 Å². The lowest BCUT2D eigenvalue weighted by Crippen LogP contribution is -2.08. The number of nitrogens with two attached hydrogens (primary N) is 1. The van der Waals surface area contributed by atoms with Crippen LogP contribution in [0.2, 0.25) is 0 Å². The number of aromatic nitrogens is 4. The smallest absolute Gasteiger partial charge is 0.169 e. The number of hydrogen-bond acceptors (Lipinski definition) is 5. The first kappa shape index (κ1) is 10.1. The molecule has 0 bridgehead atoms. The van der Waals surface area contributed by atoms with E-state index >= 15 is 0 Å². The van der Waals surface area contributed by atoms with Crippen LogP contribution in [0.5, 0.6) is 0 Å². The van der Waals surface area contributed by atoms with Gasteiger partial charge in [0.15, 0.2) is 5.82 Å². The maximum Gasteiger partial charge on any atom is 0.169 e. The van der Waals surface area contributed by atoms with Gasteiger partial charge in [0.25, 0.3) is 0 Å². The van der Waals surface area contributed by atoms with Crippen LogP contribution in [0.3, 0.4) is 0 Å². The van der Waals surface area contributed by atoms with Crippen LogP contribution in [0, 0.1) is 0 Å². The van der Waals surface area contributed by atoms with E-state index in [1.54, 1.807) is 11.3 Å². The van der Waals surface area contributed by atoms with Gasteiger partial charge in [-0.05, 0) is 5.92 Å². The first-order valence-corrected chi connectivity index (χ1v) is 5.68. The summed E-state index contributed by atoms with van der Waals surface area (Å²) in [6, 6.07) is 0. The van der Waals surface area contributed by atoms with Gasteiger partial charge in [0, 0.05) is 5.38 Å². The van der Waals surface area contributed by atoms with E-state index in [2.05, 4.69) is 29.1 Å². The van der Waals surface area contributed by atoms with Gasteiger partial charge in [-0.2, -0.15) is 0 Å². The van der Waals surface area contributed by atoms with Crippen molar-refractivity contribution in [3.05, 3.63) is 22.3 Å². The Morgan fingerprint density at radius 2 is 2.33 bits per heavy atom. The maximum absolute atomic E-state index is 5.76. The summed E-state index contributed by atoms with van der Waals surface area (Å²) in [4.78, 5) is 4.21. The Hall–Kier alpha value is -1.43. The second-order valence-electron chi connectivity index (χ2n) is 3.65. The molecule has 2 aromatic rings. The number of hydrogen-bond donors (Lipinski definition) is 1. The van der Waals surface area contributed by atoms with Crippen molar-refractivity contribution in [2.24, 2.45) is 0 Å². The third-order valence-corrected chi connectivity index (χ3v) is 2.78. The molecule has 2 heterocycles. The third kappa shape index (κ3) is 1.99. The molecule has 0 unspecified atom stereocenters. The van der Waals surface area contributed by atoms with Crippen LogP contribution in [-0.2, 0) is 6.54 Å². The Bertz CT molecular complexity index is 431. The zero-order chi connectivity index (χ0) is 10.8. The Labute approximate surface area is 91.9 Å².